The van der Waals surface area contributed by atoms with E-state index in [4.69, 9.17) is 0 Å². The van der Waals surface area contributed by atoms with Gasteiger partial charge in [-0.2, -0.15) is 4.39 Å². The molecule has 1 N–H and O–H groups in total. The molecule has 2 bridgehead atoms. The maximum atomic E-state index is 13.5. The van der Waals surface area contributed by atoms with E-state index >= 15 is 0 Å². The Labute approximate surface area is 104 Å². The van der Waals surface area contributed by atoms with Gasteiger partial charge in [-0.3, -0.25) is 10.1 Å². The van der Waals surface area contributed by atoms with Crippen molar-refractivity contribution in [3.05, 3.63) is 34.1 Å². The predicted octanol–water partition coefficient (Wildman–Crippen LogP) is 3.33. The van der Waals surface area contributed by atoms with Crippen molar-refractivity contribution in [1.29, 1.82) is 0 Å². The summed E-state index contributed by atoms with van der Waals surface area (Å²) < 4.78 is 13.5. The molecule has 3 atom stereocenters. The van der Waals surface area contributed by atoms with Crippen LogP contribution in [0.25, 0.3) is 0 Å². The van der Waals surface area contributed by atoms with Gasteiger partial charge >= 0.3 is 5.69 Å². The third kappa shape index (κ3) is 1.83. The summed E-state index contributed by atoms with van der Waals surface area (Å²) in [6.45, 7) is 0. The lowest BCUT2D eigenvalue weighted by molar-refractivity contribution is -0.386. The van der Waals surface area contributed by atoms with E-state index in [2.05, 4.69) is 5.32 Å². The number of para-hydroxylation sites is 1. The van der Waals surface area contributed by atoms with Crippen molar-refractivity contribution >= 4 is 11.4 Å². The highest BCUT2D eigenvalue weighted by atomic mass is 19.1. The Balaban J connectivity index is 1.84. The zero-order valence-electron chi connectivity index (χ0n) is 9.93. The Morgan fingerprint density at radius 2 is 2.17 bits per heavy atom. The minimum absolute atomic E-state index is 0.268. The third-order valence-corrected chi connectivity index (χ3v) is 4.25. The van der Waals surface area contributed by atoms with E-state index in [1.807, 2.05) is 0 Å². The van der Waals surface area contributed by atoms with Gasteiger partial charge in [0.15, 0.2) is 0 Å². The van der Waals surface area contributed by atoms with Crippen molar-refractivity contribution in [3.8, 4) is 0 Å². The van der Waals surface area contributed by atoms with Crippen LogP contribution in [0, 0.1) is 27.8 Å². The van der Waals surface area contributed by atoms with Gasteiger partial charge in [0.25, 0.3) is 0 Å². The number of halogens is 1. The van der Waals surface area contributed by atoms with Gasteiger partial charge in [-0.1, -0.05) is 12.5 Å². The Bertz CT molecular complexity index is 492. The molecule has 4 nitrogen and oxygen atoms in total. The number of nitro groups is 1. The molecule has 2 aliphatic rings. The van der Waals surface area contributed by atoms with Crippen LogP contribution in [-0.2, 0) is 0 Å². The lowest BCUT2D eigenvalue weighted by atomic mass is 9.95. The van der Waals surface area contributed by atoms with Crippen molar-refractivity contribution in [2.75, 3.05) is 5.32 Å². The first-order chi connectivity index (χ1) is 8.65. The second-order valence-corrected chi connectivity index (χ2v) is 5.32. The molecule has 5 heteroatoms. The molecule has 3 unspecified atom stereocenters. The molecule has 1 aromatic rings. The fourth-order valence-electron chi connectivity index (χ4n) is 3.44. The number of rotatable bonds is 3. The van der Waals surface area contributed by atoms with Crippen LogP contribution in [0.15, 0.2) is 18.2 Å². The summed E-state index contributed by atoms with van der Waals surface area (Å²) >= 11 is 0. The molecule has 2 aliphatic carbocycles. The number of hydrogen-bond acceptors (Lipinski definition) is 3. The zero-order valence-corrected chi connectivity index (χ0v) is 9.93. The second-order valence-electron chi connectivity index (χ2n) is 5.32. The Morgan fingerprint density at radius 1 is 1.33 bits per heavy atom. The predicted molar refractivity (Wildman–Crippen MR) is 65.9 cm³/mol. The maximum Gasteiger partial charge on any atom is 0.327 e. The van der Waals surface area contributed by atoms with Crippen molar-refractivity contribution in [3.63, 3.8) is 0 Å². The summed E-state index contributed by atoms with van der Waals surface area (Å²) in [7, 11) is 0. The molecule has 0 radical (unpaired) electrons. The van der Waals surface area contributed by atoms with Crippen LogP contribution in [0.3, 0.4) is 0 Å². The molecular formula is C13H15FN2O2. The van der Waals surface area contributed by atoms with Gasteiger partial charge in [0, 0.05) is 6.04 Å². The molecule has 96 valence electrons. The molecular weight excluding hydrogens is 235 g/mol. The van der Waals surface area contributed by atoms with Gasteiger partial charge in [0.2, 0.25) is 5.82 Å². The minimum Gasteiger partial charge on any atom is -0.376 e. The lowest BCUT2D eigenvalue weighted by Crippen LogP contribution is -2.26. The first-order valence-electron chi connectivity index (χ1n) is 6.34. The highest BCUT2D eigenvalue weighted by molar-refractivity contribution is 5.62. The molecule has 1 aromatic carbocycles. The number of fused-ring (bicyclic) bond motifs is 2. The number of hydrogen-bond donors (Lipinski definition) is 1. The average Bonchev–Trinajstić information content (AvgIpc) is 2.90. The van der Waals surface area contributed by atoms with Crippen LogP contribution in [0.4, 0.5) is 15.8 Å². The first-order valence-corrected chi connectivity index (χ1v) is 6.34. The molecule has 2 fully saturated rings. The van der Waals surface area contributed by atoms with E-state index in [0.717, 1.165) is 18.4 Å². The fraction of sp³-hybridized carbons (Fsp3) is 0.538. The molecule has 0 amide bonds. The van der Waals surface area contributed by atoms with Crippen molar-refractivity contribution < 1.29 is 9.31 Å². The SMILES string of the molecule is O=[N+]([O-])c1c(F)cccc1NC1CC2CCC1C2. The maximum absolute atomic E-state index is 13.5. The molecule has 2 saturated carbocycles. The largest absolute Gasteiger partial charge is 0.376 e. The van der Waals surface area contributed by atoms with Crippen LogP contribution in [0.2, 0.25) is 0 Å². The van der Waals surface area contributed by atoms with E-state index in [9.17, 15) is 14.5 Å². The van der Waals surface area contributed by atoms with Crippen LogP contribution in [0.5, 0.6) is 0 Å². The van der Waals surface area contributed by atoms with E-state index in [0.29, 0.717) is 11.6 Å². The lowest BCUT2D eigenvalue weighted by Gasteiger charge is -2.23. The fourth-order valence-corrected chi connectivity index (χ4v) is 3.44. The Kier molecular flexibility index (Phi) is 2.69. The highest BCUT2D eigenvalue weighted by Crippen LogP contribution is 2.46. The van der Waals surface area contributed by atoms with Gasteiger partial charge < -0.3 is 5.32 Å². The first kappa shape index (κ1) is 11.4. The molecule has 3 rings (SSSR count). The molecule has 0 saturated heterocycles. The number of nitrogens with one attached hydrogen (secondary N) is 1. The number of anilines is 1. The molecule has 18 heavy (non-hydrogen) atoms. The highest BCUT2D eigenvalue weighted by Gasteiger charge is 2.40. The standard InChI is InChI=1S/C13H15FN2O2/c14-10-2-1-3-11(13(10)16(17)18)15-12-7-8-4-5-9(12)6-8/h1-3,8-9,12,15H,4-7H2. The normalized spacial score (nSPS) is 29.5. The van der Waals surface area contributed by atoms with Gasteiger partial charge in [-0.25, -0.2) is 0 Å². The van der Waals surface area contributed by atoms with Crippen molar-refractivity contribution in [2.45, 2.75) is 31.7 Å². The minimum atomic E-state index is -0.770. The summed E-state index contributed by atoms with van der Waals surface area (Å²) in [5.74, 6) is 0.575. The molecule has 0 spiro atoms. The third-order valence-electron chi connectivity index (χ3n) is 4.25. The van der Waals surface area contributed by atoms with Gasteiger partial charge in [-0.05, 0) is 43.2 Å². The number of nitrogens with zero attached hydrogens (tertiary/aromatic N) is 1. The van der Waals surface area contributed by atoms with Gasteiger partial charge in [0.1, 0.15) is 5.69 Å². The van der Waals surface area contributed by atoms with Gasteiger partial charge in [-0.15, -0.1) is 0 Å². The van der Waals surface area contributed by atoms with E-state index in [1.54, 1.807) is 6.07 Å². The van der Waals surface area contributed by atoms with Crippen LogP contribution in [0.1, 0.15) is 25.7 Å². The number of benzene rings is 1. The monoisotopic (exact) mass is 250 g/mol. The van der Waals surface area contributed by atoms with Crippen molar-refractivity contribution in [2.24, 2.45) is 11.8 Å². The molecule has 0 aromatic heterocycles. The van der Waals surface area contributed by atoms with E-state index in [1.165, 1.54) is 25.3 Å². The van der Waals surface area contributed by atoms with E-state index < -0.39 is 16.4 Å². The van der Waals surface area contributed by atoms with Gasteiger partial charge in [0.05, 0.1) is 4.92 Å². The smallest absolute Gasteiger partial charge is 0.327 e. The molecule has 0 heterocycles. The topological polar surface area (TPSA) is 55.2 Å². The van der Waals surface area contributed by atoms with Crippen LogP contribution in [-0.4, -0.2) is 11.0 Å². The van der Waals surface area contributed by atoms with Crippen molar-refractivity contribution in [1.82, 2.24) is 0 Å². The quantitative estimate of drug-likeness (QED) is 0.661. The van der Waals surface area contributed by atoms with Crippen LogP contribution < -0.4 is 5.32 Å². The van der Waals surface area contributed by atoms with E-state index in [-0.39, 0.29) is 6.04 Å². The Hall–Kier alpha value is -1.65. The summed E-state index contributed by atoms with van der Waals surface area (Å²) in [4.78, 5) is 10.3. The summed E-state index contributed by atoms with van der Waals surface area (Å²) in [5, 5.41) is 14.1. The summed E-state index contributed by atoms with van der Waals surface area (Å²) in [6, 6.07) is 4.50. The summed E-state index contributed by atoms with van der Waals surface area (Å²) in [6.07, 6.45) is 4.72. The average molecular weight is 250 g/mol. The number of nitro benzene ring substituents is 1. The van der Waals surface area contributed by atoms with Crippen LogP contribution >= 0.6 is 0 Å². The Morgan fingerprint density at radius 3 is 2.78 bits per heavy atom. The second kappa shape index (κ2) is 4.23. The zero-order chi connectivity index (χ0) is 12.7. The summed E-state index contributed by atoms with van der Waals surface area (Å²) in [5.41, 5.74) is -0.113. The molecule has 0 aliphatic heterocycles.